The lowest BCUT2D eigenvalue weighted by Crippen LogP contribution is -2.30. The Balaban J connectivity index is 3.06. The first-order valence-corrected chi connectivity index (χ1v) is 4.33. The van der Waals surface area contributed by atoms with Crippen LogP contribution in [0.5, 0.6) is 5.75 Å². The molecule has 14 heavy (non-hydrogen) atoms. The maximum atomic E-state index is 8.97. The van der Waals surface area contributed by atoms with Crippen LogP contribution in [0, 0.1) is 0 Å². The van der Waals surface area contributed by atoms with Gasteiger partial charge in [0.2, 0.25) is 0 Å². The van der Waals surface area contributed by atoms with E-state index in [1.54, 1.807) is 31.4 Å². The molecule has 0 aromatic heterocycles. The van der Waals surface area contributed by atoms with Gasteiger partial charge in [-0.05, 0) is 23.5 Å². The van der Waals surface area contributed by atoms with Gasteiger partial charge in [-0.2, -0.15) is 0 Å². The van der Waals surface area contributed by atoms with Gasteiger partial charge in [0.15, 0.2) is 0 Å². The van der Waals surface area contributed by atoms with E-state index in [1.807, 2.05) is 0 Å². The zero-order valence-electron chi connectivity index (χ0n) is 8.10. The van der Waals surface area contributed by atoms with Crippen molar-refractivity contribution in [1.29, 1.82) is 0 Å². The van der Waals surface area contributed by atoms with E-state index in [-0.39, 0.29) is 0 Å². The van der Waals surface area contributed by atoms with Crippen molar-refractivity contribution in [3.8, 4) is 5.75 Å². The van der Waals surface area contributed by atoms with Crippen LogP contribution < -0.4 is 10.2 Å². The molecule has 0 saturated heterocycles. The minimum atomic E-state index is -1.44. The third kappa shape index (κ3) is 2.37. The lowest BCUT2D eigenvalue weighted by atomic mass is 9.79. The molecule has 0 atom stereocenters. The second kappa shape index (κ2) is 4.84. The summed E-state index contributed by atoms with van der Waals surface area (Å²) in [5.41, 5.74) is 1.36. The second-order valence-electron chi connectivity index (χ2n) is 2.94. The highest BCUT2D eigenvalue weighted by Crippen LogP contribution is 2.17. The Bertz CT molecular complexity index is 323. The van der Waals surface area contributed by atoms with E-state index >= 15 is 0 Å². The third-order valence-corrected chi connectivity index (χ3v) is 1.97. The van der Waals surface area contributed by atoms with Crippen LogP contribution in [0.25, 0.3) is 0 Å². The standard InChI is InChI=1S/C10H13BO3/c1-3-4-8-7-9(11(12)13)5-6-10(8)14-2/h3,5-7,12-13H,1,4H2,2H3. The molecule has 3 nitrogen and oxygen atoms in total. The first-order valence-electron chi connectivity index (χ1n) is 4.33. The summed E-state index contributed by atoms with van der Waals surface area (Å²) in [6, 6.07) is 5.04. The van der Waals surface area contributed by atoms with Crippen LogP contribution in [0.2, 0.25) is 0 Å². The van der Waals surface area contributed by atoms with Gasteiger partial charge in [0.25, 0.3) is 0 Å². The van der Waals surface area contributed by atoms with Gasteiger partial charge in [0.05, 0.1) is 7.11 Å². The molecule has 0 radical (unpaired) electrons. The third-order valence-electron chi connectivity index (χ3n) is 1.97. The predicted octanol–water partition coefficient (Wildman–Crippen LogP) is 0.103. The summed E-state index contributed by atoms with van der Waals surface area (Å²) >= 11 is 0. The summed E-state index contributed by atoms with van der Waals surface area (Å²) in [5, 5.41) is 17.9. The second-order valence-corrected chi connectivity index (χ2v) is 2.94. The molecule has 0 aliphatic carbocycles. The summed E-state index contributed by atoms with van der Waals surface area (Å²) in [5.74, 6) is 0.731. The van der Waals surface area contributed by atoms with Crippen LogP contribution in [0.4, 0.5) is 0 Å². The fourth-order valence-electron chi connectivity index (χ4n) is 1.27. The number of rotatable bonds is 4. The zero-order chi connectivity index (χ0) is 10.6. The molecule has 0 spiro atoms. The highest BCUT2D eigenvalue weighted by atomic mass is 16.5. The minimum absolute atomic E-state index is 0.461. The van der Waals surface area contributed by atoms with Crippen molar-refractivity contribution >= 4 is 12.6 Å². The quantitative estimate of drug-likeness (QED) is 0.525. The Labute approximate surface area is 83.8 Å². The highest BCUT2D eigenvalue weighted by Gasteiger charge is 2.12. The molecular formula is C10H13BO3. The minimum Gasteiger partial charge on any atom is -0.496 e. The molecule has 0 fully saturated rings. The van der Waals surface area contributed by atoms with Crippen molar-refractivity contribution in [2.24, 2.45) is 0 Å². The number of hydrogen-bond donors (Lipinski definition) is 2. The molecule has 0 amide bonds. The van der Waals surface area contributed by atoms with E-state index in [4.69, 9.17) is 14.8 Å². The van der Waals surface area contributed by atoms with E-state index in [0.717, 1.165) is 11.3 Å². The fraction of sp³-hybridized carbons (Fsp3) is 0.200. The van der Waals surface area contributed by atoms with E-state index in [0.29, 0.717) is 11.9 Å². The monoisotopic (exact) mass is 192 g/mol. The highest BCUT2D eigenvalue weighted by molar-refractivity contribution is 6.58. The van der Waals surface area contributed by atoms with E-state index in [2.05, 4.69) is 6.58 Å². The number of hydrogen-bond acceptors (Lipinski definition) is 3. The molecule has 0 heterocycles. The van der Waals surface area contributed by atoms with E-state index in [1.165, 1.54) is 0 Å². The van der Waals surface area contributed by atoms with E-state index in [9.17, 15) is 0 Å². The summed E-state index contributed by atoms with van der Waals surface area (Å²) < 4.78 is 5.12. The molecule has 4 heteroatoms. The average Bonchev–Trinajstić information content (AvgIpc) is 2.18. The molecule has 0 saturated carbocycles. The molecule has 0 aliphatic heterocycles. The number of ether oxygens (including phenoxy) is 1. The maximum Gasteiger partial charge on any atom is 0.488 e. The van der Waals surface area contributed by atoms with Gasteiger partial charge < -0.3 is 14.8 Å². The van der Waals surface area contributed by atoms with Gasteiger partial charge in [0, 0.05) is 0 Å². The van der Waals surface area contributed by atoms with Gasteiger partial charge in [-0.25, -0.2) is 0 Å². The molecule has 1 aromatic rings. The SMILES string of the molecule is C=CCc1cc(B(O)O)ccc1OC. The molecule has 0 bridgehead atoms. The Morgan fingerprint density at radius 2 is 2.21 bits per heavy atom. The van der Waals surface area contributed by atoms with Gasteiger partial charge in [-0.15, -0.1) is 6.58 Å². The first kappa shape index (κ1) is 10.8. The molecule has 74 valence electrons. The summed E-state index contributed by atoms with van der Waals surface area (Å²) in [4.78, 5) is 0. The number of allylic oxidation sites excluding steroid dienone is 1. The normalized spacial score (nSPS) is 9.64. The molecular weight excluding hydrogens is 179 g/mol. The van der Waals surface area contributed by atoms with Crippen molar-refractivity contribution in [2.45, 2.75) is 6.42 Å². The van der Waals surface area contributed by atoms with Gasteiger partial charge in [-0.1, -0.05) is 18.2 Å². The van der Waals surface area contributed by atoms with Gasteiger partial charge in [0.1, 0.15) is 5.75 Å². The lowest BCUT2D eigenvalue weighted by molar-refractivity contribution is 0.410. The number of benzene rings is 1. The van der Waals surface area contributed by atoms with Gasteiger partial charge >= 0.3 is 7.12 Å². The van der Waals surface area contributed by atoms with Crippen molar-refractivity contribution < 1.29 is 14.8 Å². The van der Waals surface area contributed by atoms with Crippen LogP contribution in [0.1, 0.15) is 5.56 Å². The largest absolute Gasteiger partial charge is 0.496 e. The molecule has 1 aromatic carbocycles. The van der Waals surface area contributed by atoms with Crippen molar-refractivity contribution in [1.82, 2.24) is 0 Å². The summed E-state index contributed by atoms with van der Waals surface area (Å²) in [6.45, 7) is 3.63. The Hall–Kier alpha value is -1.26. The fourth-order valence-corrected chi connectivity index (χ4v) is 1.27. The predicted molar refractivity (Wildman–Crippen MR) is 56.7 cm³/mol. The van der Waals surface area contributed by atoms with Crippen LogP contribution in [0.15, 0.2) is 30.9 Å². The summed E-state index contributed by atoms with van der Waals surface area (Å²) in [6.07, 6.45) is 2.38. The molecule has 0 aliphatic rings. The molecule has 2 N–H and O–H groups in total. The maximum absolute atomic E-state index is 8.97. The van der Waals surface area contributed by atoms with Crippen LogP contribution >= 0.6 is 0 Å². The van der Waals surface area contributed by atoms with Crippen molar-refractivity contribution in [3.63, 3.8) is 0 Å². The van der Waals surface area contributed by atoms with Crippen LogP contribution in [-0.2, 0) is 6.42 Å². The molecule has 0 unspecified atom stereocenters. The first-order chi connectivity index (χ1) is 6.69. The Kier molecular flexibility index (Phi) is 3.74. The number of methoxy groups -OCH3 is 1. The molecule has 1 rings (SSSR count). The van der Waals surface area contributed by atoms with Crippen LogP contribution in [-0.4, -0.2) is 24.3 Å². The zero-order valence-corrected chi connectivity index (χ0v) is 8.10. The van der Waals surface area contributed by atoms with Crippen LogP contribution in [0.3, 0.4) is 0 Å². The van der Waals surface area contributed by atoms with Crippen molar-refractivity contribution in [2.75, 3.05) is 7.11 Å². The Morgan fingerprint density at radius 3 is 2.71 bits per heavy atom. The van der Waals surface area contributed by atoms with Crippen molar-refractivity contribution in [3.05, 3.63) is 36.4 Å². The smallest absolute Gasteiger partial charge is 0.488 e. The Morgan fingerprint density at radius 1 is 1.50 bits per heavy atom. The van der Waals surface area contributed by atoms with Gasteiger partial charge in [-0.3, -0.25) is 0 Å². The van der Waals surface area contributed by atoms with E-state index < -0.39 is 7.12 Å². The lowest BCUT2D eigenvalue weighted by Gasteiger charge is -2.08. The summed E-state index contributed by atoms with van der Waals surface area (Å²) in [7, 11) is 0.140. The topological polar surface area (TPSA) is 49.7 Å². The average molecular weight is 192 g/mol.